The van der Waals surface area contributed by atoms with Gasteiger partial charge in [-0.2, -0.15) is 0 Å². The van der Waals surface area contributed by atoms with E-state index in [-0.39, 0.29) is 24.1 Å². The molecular formula is C18H20BrNO3. The Hall–Kier alpha value is -1.56. The SMILES string of the molecule is COc1cc([C@@H]2O[C@@H](c3ccccc3)[C@H](C)N2C)cc(Br)c1O. The lowest BCUT2D eigenvalue weighted by Crippen LogP contribution is -2.27. The second-order valence-electron chi connectivity index (χ2n) is 5.78. The van der Waals surface area contributed by atoms with Crippen molar-refractivity contribution in [3.8, 4) is 11.5 Å². The van der Waals surface area contributed by atoms with E-state index >= 15 is 0 Å². The van der Waals surface area contributed by atoms with Crippen LogP contribution in [0.1, 0.15) is 30.4 Å². The Kier molecular flexibility index (Phi) is 4.62. The second-order valence-corrected chi connectivity index (χ2v) is 6.63. The van der Waals surface area contributed by atoms with E-state index in [1.54, 1.807) is 7.11 Å². The fourth-order valence-corrected chi connectivity index (χ4v) is 3.44. The zero-order valence-corrected chi connectivity index (χ0v) is 14.9. The minimum Gasteiger partial charge on any atom is -0.503 e. The van der Waals surface area contributed by atoms with Crippen LogP contribution >= 0.6 is 15.9 Å². The first kappa shape index (κ1) is 16.3. The molecule has 0 bridgehead atoms. The van der Waals surface area contributed by atoms with Gasteiger partial charge in [0.2, 0.25) is 0 Å². The van der Waals surface area contributed by atoms with Crippen molar-refractivity contribution in [3.63, 3.8) is 0 Å². The summed E-state index contributed by atoms with van der Waals surface area (Å²) in [6.45, 7) is 2.16. The van der Waals surface area contributed by atoms with E-state index in [4.69, 9.17) is 9.47 Å². The van der Waals surface area contributed by atoms with Gasteiger partial charge < -0.3 is 14.6 Å². The molecule has 1 aliphatic rings. The number of benzene rings is 2. The standard InChI is InChI=1S/C18H20BrNO3/c1-11-17(12-7-5-4-6-8-12)23-18(20(11)2)13-9-14(19)16(21)15(10-13)22-3/h4-11,17-18,21H,1-3H3/t11-,17+,18-/m0/s1. The van der Waals surface area contributed by atoms with Gasteiger partial charge in [-0.15, -0.1) is 0 Å². The normalized spacial score (nSPS) is 24.8. The molecule has 4 nitrogen and oxygen atoms in total. The van der Waals surface area contributed by atoms with Gasteiger partial charge in [0.05, 0.1) is 11.6 Å². The number of nitrogens with zero attached hydrogens (tertiary/aromatic N) is 1. The van der Waals surface area contributed by atoms with Crippen molar-refractivity contribution >= 4 is 15.9 Å². The number of ether oxygens (including phenoxy) is 2. The van der Waals surface area contributed by atoms with Crippen LogP contribution in [0.3, 0.4) is 0 Å². The van der Waals surface area contributed by atoms with Crippen LogP contribution < -0.4 is 4.74 Å². The maximum atomic E-state index is 9.99. The van der Waals surface area contributed by atoms with Crippen LogP contribution in [0.5, 0.6) is 11.5 Å². The van der Waals surface area contributed by atoms with Gasteiger partial charge in [0.1, 0.15) is 12.3 Å². The number of rotatable bonds is 3. The molecule has 1 aliphatic heterocycles. The number of phenols is 1. The van der Waals surface area contributed by atoms with Gasteiger partial charge >= 0.3 is 0 Å². The average molecular weight is 378 g/mol. The summed E-state index contributed by atoms with van der Waals surface area (Å²) in [4.78, 5) is 2.19. The molecule has 0 spiro atoms. The average Bonchev–Trinajstić information content (AvgIpc) is 2.87. The fraction of sp³-hybridized carbons (Fsp3) is 0.333. The van der Waals surface area contributed by atoms with Crippen molar-refractivity contribution in [2.24, 2.45) is 0 Å². The van der Waals surface area contributed by atoms with Crippen LogP contribution in [0.15, 0.2) is 46.9 Å². The van der Waals surface area contributed by atoms with E-state index in [2.05, 4.69) is 39.9 Å². The van der Waals surface area contributed by atoms with E-state index in [0.717, 1.165) is 5.56 Å². The molecule has 0 unspecified atom stereocenters. The first-order chi connectivity index (χ1) is 11.0. The van der Waals surface area contributed by atoms with E-state index in [1.807, 2.05) is 37.4 Å². The van der Waals surface area contributed by atoms with E-state index in [1.165, 1.54) is 5.56 Å². The summed E-state index contributed by atoms with van der Waals surface area (Å²) < 4.78 is 12.2. The van der Waals surface area contributed by atoms with Crippen LogP contribution in [0.25, 0.3) is 0 Å². The Bertz CT molecular complexity index is 692. The maximum absolute atomic E-state index is 9.99. The topological polar surface area (TPSA) is 41.9 Å². The van der Waals surface area contributed by atoms with Gasteiger partial charge in [-0.3, -0.25) is 4.90 Å². The predicted octanol–water partition coefficient (Wildman–Crippen LogP) is 4.25. The number of methoxy groups -OCH3 is 1. The van der Waals surface area contributed by atoms with E-state index in [9.17, 15) is 5.11 Å². The van der Waals surface area contributed by atoms with Gasteiger partial charge in [0.15, 0.2) is 11.5 Å². The molecular weight excluding hydrogens is 358 g/mol. The maximum Gasteiger partial charge on any atom is 0.172 e. The molecule has 1 N–H and O–H groups in total. The largest absolute Gasteiger partial charge is 0.503 e. The number of hydrogen-bond acceptors (Lipinski definition) is 4. The zero-order valence-electron chi connectivity index (χ0n) is 13.4. The summed E-state index contributed by atoms with van der Waals surface area (Å²) in [5.74, 6) is 0.534. The van der Waals surface area contributed by atoms with Crippen molar-refractivity contribution in [3.05, 3.63) is 58.1 Å². The molecule has 0 amide bonds. The highest BCUT2D eigenvalue weighted by atomic mass is 79.9. The summed E-state index contributed by atoms with van der Waals surface area (Å²) in [5.41, 5.74) is 2.11. The molecule has 122 valence electrons. The smallest absolute Gasteiger partial charge is 0.172 e. The summed E-state index contributed by atoms with van der Waals surface area (Å²) in [6, 6.07) is 14.2. The van der Waals surface area contributed by atoms with Crippen LogP contribution in [-0.4, -0.2) is 30.2 Å². The van der Waals surface area contributed by atoms with E-state index < -0.39 is 0 Å². The van der Waals surface area contributed by atoms with Gasteiger partial charge in [-0.05, 0) is 47.6 Å². The lowest BCUT2D eigenvalue weighted by molar-refractivity contribution is 0.00541. The molecule has 0 aliphatic carbocycles. The zero-order chi connectivity index (χ0) is 16.6. The molecule has 0 radical (unpaired) electrons. The number of halogens is 1. The third-order valence-corrected chi connectivity index (χ3v) is 5.01. The highest BCUT2D eigenvalue weighted by molar-refractivity contribution is 9.10. The Morgan fingerprint density at radius 3 is 2.52 bits per heavy atom. The van der Waals surface area contributed by atoms with Crippen molar-refractivity contribution < 1.29 is 14.6 Å². The molecule has 3 atom stereocenters. The minimum atomic E-state index is -0.194. The van der Waals surface area contributed by atoms with Gasteiger partial charge in [-0.1, -0.05) is 30.3 Å². The molecule has 2 aromatic carbocycles. The third kappa shape index (κ3) is 2.96. The molecule has 1 fully saturated rings. The number of likely N-dealkylation sites (N-methyl/N-ethyl adjacent to an activating group) is 1. The Morgan fingerprint density at radius 2 is 1.87 bits per heavy atom. The van der Waals surface area contributed by atoms with E-state index in [0.29, 0.717) is 10.2 Å². The number of aromatic hydroxyl groups is 1. The molecule has 23 heavy (non-hydrogen) atoms. The molecule has 3 rings (SSSR count). The summed E-state index contributed by atoms with van der Waals surface area (Å²) in [6.07, 6.45) is -0.189. The highest BCUT2D eigenvalue weighted by Gasteiger charge is 2.39. The monoisotopic (exact) mass is 377 g/mol. The molecule has 0 saturated carbocycles. The minimum absolute atomic E-state index is 0.00442. The Labute approximate surface area is 144 Å². The third-order valence-electron chi connectivity index (χ3n) is 4.41. The lowest BCUT2D eigenvalue weighted by atomic mass is 10.0. The molecule has 5 heteroatoms. The van der Waals surface area contributed by atoms with Crippen molar-refractivity contribution in [1.82, 2.24) is 4.90 Å². The van der Waals surface area contributed by atoms with Crippen molar-refractivity contribution in [1.29, 1.82) is 0 Å². The molecule has 1 heterocycles. The molecule has 1 saturated heterocycles. The van der Waals surface area contributed by atoms with Crippen molar-refractivity contribution in [2.45, 2.75) is 25.3 Å². The predicted molar refractivity (Wildman–Crippen MR) is 92.6 cm³/mol. The van der Waals surface area contributed by atoms with Crippen LogP contribution in [0.4, 0.5) is 0 Å². The van der Waals surface area contributed by atoms with Gasteiger partial charge in [0, 0.05) is 11.6 Å². The first-order valence-electron chi connectivity index (χ1n) is 7.51. The highest BCUT2D eigenvalue weighted by Crippen LogP contribution is 2.44. The summed E-state index contributed by atoms with van der Waals surface area (Å²) in [5, 5.41) is 9.99. The first-order valence-corrected chi connectivity index (χ1v) is 8.31. The Morgan fingerprint density at radius 1 is 1.17 bits per heavy atom. The van der Waals surface area contributed by atoms with Gasteiger partial charge in [0.25, 0.3) is 0 Å². The number of hydrogen-bond donors (Lipinski definition) is 1. The quantitative estimate of drug-likeness (QED) is 0.867. The lowest BCUT2D eigenvalue weighted by Gasteiger charge is -2.22. The van der Waals surface area contributed by atoms with Crippen LogP contribution in [0.2, 0.25) is 0 Å². The second kappa shape index (κ2) is 6.51. The summed E-state index contributed by atoms with van der Waals surface area (Å²) in [7, 11) is 3.59. The fourth-order valence-electron chi connectivity index (χ4n) is 2.98. The number of phenolic OH excluding ortho intramolecular Hbond substituents is 1. The van der Waals surface area contributed by atoms with Gasteiger partial charge in [-0.25, -0.2) is 0 Å². The molecule has 0 aromatic heterocycles. The molecule has 2 aromatic rings. The Balaban J connectivity index is 1.94. The van der Waals surface area contributed by atoms with Crippen LogP contribution in [0, 0.1) is 0 Å². The summed E-state index contributed by atoms with van der Waals surface area (Å²) >= 11 is 3.38. The van der Waals surface area contributed by atoms with Crippen LogP contribution in [-0.2, 0) is 4.74 Å². The van der Waals surface area contributed by atoms with Crippen molar-refractivity contribution in [2.75, 3.05) is 14.2 Å².